The molecule has 0 bridgehead atoms. The molecule has 1 aliphatic rings. The van der Waals surface area contributed by atoms with Gasteiger partial charge in [-0.1, -0.05) is 6.08 Å². The molecule has 0 radical (unpaired) electrons. The Balaban J connectivity index is 2.69. The van der Waals surface area contributed by atoms with Crippen molar-refractivity contribution in [2.75, 3.05) is 5.75 Å². The molecule has 0 amide bonds. The largest absolute Gasteiger partial charge is 0.276 e. The van der Waals surface area contributed by atoms with E-state index in [2.05, 4.69) is 0 Å². The van der Waals surface area contributed by atoms with Gasteiger partial charge in [0.25, 0.3) is 5.24 Å². The molecule has 0 fully saturated rings. The Kier molecular flexibility index (Phi) is 2.37. The topological polar surface area (TPSA) is 17.1 Å². The molecule has 0 N–H and O–H groups in total. The maximum Gasteiger partial charge on any atom is 0.252 e. The molecule has 1 heterocycles. The number of carbonyl (C=O) groups is 1. The van der Waals surface area contributed by atoms with E-state index < -0.39 is 0 Å². The van der Waals surface area contributed by atoms with Crippen LogP contribution in [0.25, 0.3) is 0 Å². The number of hydrogen-bond acceptors (Lipinski definition) is 2. The van der Waals surface area contributed by atoms with E-state index in [9.17, 15) is 4.79 Å². The van der Waals surface area contributed by atoms with E-state index in [1.54, 1.807) is 17.8 Å². The zero-order valence-corrected chi connectivity index (χ0v) is 6.21. The van der Waals surface area contributed by atoms with Crippen LogP contribution in [0.5, 0.6) is 0 Å². The van der Waals surface area contributed by atoms with Gasteiger partial charge in [0, 0.05) is 11.3 Å². The summed E-state index contributed by atoms with van der Waals surface area (Å²) < 4.78 is 0. The molecule has 0 aromatic rings. The van der Waals surface area contributed by atoms with E-state index >= 15 is 0 Å². The van der Waals surface area contributed by atoms with Crippen molar-refractivity contribution in [1.29, 1.82) is 0 Å². The third-order valence-corrected chi connectivity index (χ3v) is 1.88. The van der Waals surface area contributed by atoms with Crippen LogP contribution in [0.3, 0.4) is 0 Å². The molecular weight excluding hydrogens is 156 g/mol. The summed E-state index contributed by atoms with van der Waals surface area (Å²) >= 11 is 6.84. The summed E-state index contributed by atoms with van der Waals surface area (Å²) in [6.07, 6.45) is 3.55. The van der Waals surface area contributed by atoms with Crippen molar-refractivity contribution in [1.82, 2.24) is 0 Å². The predicted molar refractivity (Wildman–Crippen MR) is 40.5 cm³/mol. The van der Waals surface area contributed by atoms with Crippen molar-refractivity contribution >= 4 is 28.6 Å². The van der Waals surface area contributed by atoms with Gasteiger partial charge in [-0.05, 0) is 23.1 Å². The quantitative estimate of drug-likeness (QED) is 0.546. The number of carbonyl (C=O) groups excluding carboxylic acids is 1. The Bertz CT molecular complexity index is 183. The molecule has 0 aromatic heterocycles. The summed E-state index contributed by atoms with van der Waals surface area (Å²) in [5.74, 6) is 0.851. The van der Waals surface area contributed by atoms with Crippen molar-refractivity contribution < 1.29 is 4.79 Å². The molecule has 0 atom stereocenters. The van der Waals surface area contributed by atoms with Crippen LogP contribution in [-0.2, 0) is 4.79 Å². The molecule has 0 saturated heterocycles. The maximum absolute atomic E-state index is 10.4. The summed E-state index contributed by atoms with van der Waals surface area (Å²) in [6, 6.07) is 0. The number of allylic oxidation sites excluding steroid dienone is 2. The van der Waals surface area contributed by atoms with Crippen LogP contribution in [0, 0.1) is 0 Å². The summed E-state index contributed by atoms with van der Waals surface area (Å²) in [4.78, 5) is 10.4. The highest BCUT2D eigenvalue weighted by Gasteiger charge is 2.02. The van der Waals surface area contributed by atoms with Gasteiger partial charge >= 0.3 is 0 Å². The van der Waals surface area contributed by atoms with Crippen molar-refractivity contribution in [2.24, 2.45) is 0 Å². The fourth-order valence-corrected chi connectivity index (χ4v) is 1.30. The second-order valence-corrected chi connectivity index (χ2v) is 2.85. The van der Waals surface area contributed by atoms with Crippen LogP contribution in [-0.4, -0.2) is 11.0 Å². The minimum absolute atomic E-state index is 0.369. The van der Waals surface area contributed by atoms with Crippen LogP contribution in [0.1, 0.15) is 0 Å². The number of thioether (sulfide) groups is 1. The second-order valence-electron chi connectivity index (χ2n) is 1.57. The third kappa shape index (κ3) is 1.88. The van der Waals surface area contributed by atoms with Crippen LogP contribution < -0.4 is 0 Å². The standard InChI is InChI=1S/C6H5ClOS/c7-6(8)5-1-3-9-4-2-5/h1-3H,4H2. The molecule has 1 aliphatic heterocycles. The monoisotopic (exact) mass is 160 g/mol. The van der Waals surface area contributed by atoms with Crippen LogP contribution >= 0.6 is 23.4 Å². The lowest BCUT2D eigenvalue weighted by atomic mass is 10.3. The number of hydrogen-bond donors (Lipinski definition) is 0. The zero-order valence-electron chi connectivity index (χ0n) is 4.63. The predicted octanol–water partition coefficient (Wildman–Crippen LogP) is 1.94. The van der Waals surface area contributed by atoms with Gasteiger partial charge in [0.1, 0.15) is 0 Å². The fourth-order valence-electron chi connectivity index (χ4n) is 0.529. The lowest BCUT2D eigenvalue weighted by Gasteiger charge is -1.98. The zero-order chi connectivity index (χ0) is 6.69. The summed E-state index contributed by atoms with van der Waals surface area (Å²) in [7, 11) is 0. The average molecular weight is 161 g/mol. The highest BCUT2D eigenvalue weighted by Crippen LogP contribution is 2.15. The first-order valence-corrected chi connectivity index (χ1v) is 3.91. The first kappa shape index (κ1) is 6.90. The lowest BCUT2D eigenvalue weighted by molar-refractivity contribution is -0.108. The molecule has 9 heavy (non-hydrogen) atoms. The van der Waals surface area contributed by atoms with Gasteiger partial charge in [-0.3, -0.25) is 4.79 Å². The van der Waals surface area contributed by atoms with Crippen molar-refractivity contribution in [2.45, 2.75) is 0 Å². The molecule has 0 spiro atoms. The van der Waals surface area contributed by atoms with E-state index in [0.29, 0.717) is 5.57 Å². The molecule has 0 aliphatic carbocycles. The average Bonchev–Trinajstić information content (AvgIpc) is 1.90. The fraction of sp³-hybridized carbons (Fsp3) is 0.167. The van der Waals surface area contributed by atoms with E-state index in [-0.39, 0.29) is 5.24 Å². The SMILES string of the molecule is O=C(Cl)C1=CCSC=C1. The molecule has 1 nitrogen and oxygen atoms in total. The normalized spacial score (nSPS) is 17.2. The minimum Gasteiger partial charge on any atom is -0.276 e. The van der Waals surface area contributed by atoms with Gasteiger partial charge in [-0.15, -0.1) is 11.8 Å². The van der Waals surface area contributed by atoms with E-state index in [1.807, 2.05) is 11.5 Å². The summed E-state index contributed by atoms with van der Waals surface area (Å²) in [5.41, 5.74) is 0.607. The van der Waals surface area contributed by atoms with E-state index in [0.717, 1.165) is 5.75 Å². The van der Waals surface area contributed by atoms with E-state index in [1.165, 1.54) is 0 Å². The molecule has 0 aromatic carbocycles. The molecule has 0 unspecified atom stereocenters. The van der Waals surface area contributed by atoms with Gasteiger partial charge in [-0.25, -0.2) is 0 Å². The van der Waals surface area contributed by atoms with Gasteiger partial charge in [-0.2, -0.15) is 0 Å². The highest BCUT2D eigenvalue weighted by atomic mass is 35.5. The van der Waals surface area contributed by atoms with Crippen molar-refractivity contribution in [3.05, 3.63) is 23.1 Å². The van der Waals surface area contributed by atoms with Gasteiger partial charge in [0.05, 0.1) is 0 Å². The number of halogens is 1. The van der Waals surface area contributed by atoms with Gasteiger partial charge < -0.3 is 0 Å². The van der Waals surface area contributed by atoms with Gasteiger partial charge in [0.15, 0.2) is 0 Å². The van der Waals surface area contributed by atoms with Gasteiger partial charge in [0.2, 0.25) is 0 Å². The Labute approximate surface area is 62.8 Å². The van der Waals surface area contributed by atoms with Crippen molar-refractivity contribution in [3.8, 4) is 0 Å². The second kappa shape index (κ2) is 3.08. The van der Waals surface area contributed by atoms with Crippen LogP contribution in [0.2, 0.25) is 0 Å². The first-order valence-electron chi connectivity index (χ1n) is 2.49. The smallest absolute Gasteiger partial charge is 0.252 e. The first-order chi connectivity index (χ1) is 4.30. The molecular formula is C6H5ClOS. The van der Waals surface area contributed by atoms with Crippen LogP contribution in [0.15, 0.2) is 23.1 Å². The highest BCUT2D eigenvalue weighted by molar-refractivity contribution is 8.02. The molecule has 0 saturated carbocycles. The Hall–Kier alpha value is -0.210. The number of rotatable bonds is 1. The molecule has 48 valence electrons. The molecule has 3 heteroatoms. The minimum atomic E-state index is -0.369. The van der Waals surface area contributed by atoms with Crippen LogP contribution in [0.4, 0.5) is 0 Å². The maximum atomic E-state index is 10.4. The summed E-state index contributed by atoms with van der Waals surface area (Å²) in [6.45, 7) is 0. The van der Waals surface area contributed by atoms with Crippen molar-refractivity contribution in [3.63, 3.8) is 0 Å². The van der Waals surface area contributed by atoms with E-state index in [4.69, 9.17) is 11.6 Å². The Morgan fingerprint density at radius 1 is 1.78 bits per heavy atom. The third-order valence-electron chi connectivity index (χ3n) is 0.970. The molecule has 1 rings (SSSR count). The Morgan fingerprint density at radius 2 is 2.56 bits per heavy atom. The Morgan fingerprint density at radius 3 is 2.89 bits per heavy atom. The lowest BCUT2D eigenvalue weighted by Crippen LogP contribution is -1.92. The summed E-state index contributed by atoms with van der Waals surface area (Å²) in [5, 5.41) is 1.50.